The topological polar surface area (TPSA) is 89.4 Å². The van der Waals surface area contributed by atoms with E-state index >= 15 is 0 Å². The molecule has 1 aliphatic rings. The van der Waals surface area contributed by atoms with Crippen LogP contribution in [0.4, 0.5) is 5.69 Å². The van der Waals surface area contributed by atoms with Gasteiger partial charge in [0, 0.05) is 12.2 Å². The van der Waals surface area contributed by atoms with E-state index < -0.39 is 9.84 Å². The summed E-state index contributed by atoms with van der Waals surface area (Å²) >= 11 is 0. The van der Waals surface area contributed by atoms with Gasteiger partial charge in [0.05, 0.1) is 18.1 Å². The van der Waals surface area contributed by atoms with Gasteiger partial charge in [-0.25, -0.2) is 13.4 Å². The number of benzene rings is 1. The van der Waals surface area contributed by atoms with Crippen LogP contribution in [0.1, 0.15) is 12.3 Å². The van der Waals surface area contributed by atoms with Crippen molar-refractivity contribution in [3.63, 3.8) is 0 Å². The van der Waals surface area contributed by atoms with Gasteiger partial charge in [0.15, 0.2) is 15.4 Å². The molecule has 6 nitrogen and oxygen atoms in total. The highest BCUT2D eigenvalue weighted by Gasteiger charge is 2.20. The maximum atomic E-state index is 11.6. The Morgan fingerprint density at radius 3 is 3.00 bits per heavy atom. The van der Waals surface area contributed by atoms with Gasteiger partial charge in [-0.2, -0.15) is 0 Å². The van der Waals surface area contributed by atoms with Crippen molar-refractivity contribution in [2.75, 3.05) is 30.3 Å². The number of nitrogens with two attached hydrogens (primary N) is 1. The molecule has 1 aromatic heterocycles. The van der Waals surface area contributed by atoms with E-state index in [9.17, 15) is 8.42 Å². The fourth-order valence-corrected chi connectivity index (χ4v) is 3.71. The van der Waals surface area contributed by atoms with Crippen LogP contribution in [-0.2, 0) is 16.4 Å². The minimum atomic E-state index is -2.88. The van der Waals surface area contributed by atoms with Crippen molar-refractivity contribution in [3.05, 3.63) is 24.1 Å². The molecule has 0 atom stereocenters. The summed E-state index contributed by atoms with van der Waals surface area (Å²) in [4.78, 5) is 6.46. The van der Waals surface area contributed by atoms with Crippen molar-refractivity contribution < 1.29 is 12.8 Å². The quantitative estimate of drug-likeness (QED) is 0.832. The average molecular weight is 295 g/mol. The number of hydrogen-bond acceptors (Lipinski definition) is 6. The van der Waals surface area contributed by atoms with Crippen LogP contribution in [0.15, 0.2) is 22.6 Å². The van der Waals surface area contributed by atoms with Crippen LogP contribution >= 0.6 is 0 Å². The lowest BCUT2D eigenvalue weighted by Crippen LogP contribution is -2.26. The van der Waals surface area contributed by atoms with Crippen LogP contribution in [0.2, 0.25) is 0 Å². The summed E-state index contributed by atoms with van der Waals surface area (Å²) in [6.45, 7) is 1.81. The third kappa shape index (κ3) is 2.94. The predicted octanol–water partition coefficient (Wildman–Crippen LogP) is 1.03. The highest BCUT2D eigenvalue weighted by Crippen LogP contribution is 2.19. The highest BCUT2D eigenvalue weighted by molar-refractivity contribution is 7.91. The predicted molar refractivity (Wildman–Crippen MR) is 77.0 cm³/mol. The molecule has 108 valence electrons. The van der Waals surface area contributed by atoms with Crippen LogP contribution in [0.3, 0.4) is 0 Å². The number of nitrogen functional groups attached to an aromatic ring is 1. The molecule has 3 rings (SSSR count). The van der Waals surface area contributed by atoms with Crippen LogP contribution in [0.25, 0.3) is 11.1 Å². The Labute approximate surface area is 117 Å². The summed E-state index contributed by atoms with van der Waals surface area (Å²) in [6, 6.07) is 5.35. The maximum Gasteiger partial charge on any atom is 0.209 e. The van der Waals surface area contributed by atoms with Gasteiger partial charge in [-0.15, -0.1) is 0 Å². The van der Waals surface area contributed by atoms with E-state index in [0.29, 0.717) is 36.7 Å². The first-order valence-corrected chi connectivity index (χ1v) is 8.42. The molecule has 1 aliphatic heterocycles. The molecule has 20 heavy (non-hydrogen) atoms. The number of rotatable bonds is 2. The van der Waals surface area contributed by atoms with Crippen molar-refractivity contribution in [2.45, 2.75) is 13.0 Å². The van der Waals surface area contributed by atoms with E-state index in [0.717, 1.165) is 12.1 Å². The van der Waals surface area contributed by atoms with Gasteiger partial charge in [0.1, 0.15) is 5.52 Å². The zero-order valence-corrected chi connectivity index (χ0v) is 11.9. The Kier molecular flexibility index (Phi) is 3.39. The first-order valence-electron chi connectivity index (χ1n) is 6.60. The van der Waals surface area contributed by atoms with Gasteiger partial charge in [-0.3, -0.25) is 4.90 Å². The number of oxazole rings is 1. The van der Waals surface area contributed by atoms with E-state index in [1.165, 1.54) is 0 Å². The Hall–Kier alpha value is -1.60. The molecule has 2 aromatic rings. The van der Waals surface area contributed by atoms with E-state index in [1.54, 1.807) is 18.2 Å². The van der Waals surface area contributed by atoms with Gasteiger partial charge >= 0.3 is 0 Å². The number of hydrogen-bond donors (Lipinski definition) is 1. The minimum absolute atomic E-state index is 0.209. The second-order valence-corrected chi connectivity index (χ2v) is 7.42. The van der Waals surface area contributed by atoms with Gasteiger partial charge in [-0.05, 0) is 31.2 Å². The SMILES string of the molecule is Nc1ccc2oc(CN3CCCS(=O)(=O)CC3)nc2c1. The Morgan fingerprint density at radius 2 is 2.15 bits per heavy atom. The molecule has 0 unspecified atom stereocenters. The smallest absolute Gasteiger partial charge is 0.209 e. The van der Waals surface area contributed by atoms with E-state index in [4.69, 9.17) is 10.2 Å². The van der Waals surface area contributed by atoms with Gasteiger partial charge < -0.3 is 10.2 Å². The average Bonchev–Trinajstić information content (AvgIpc) is 2.68. The molecule has 1 saturated heterocycles. The molecule has 2 heterocycles. The molecule has 0 bridgehead atoms. The lowest BCUT2D eigenvalue weighted by molar-refractivity contribution is 0.259. The van der Waals surface area contributed by atoms with Crippen molar-refractivity contribution in [1.29, 1.82) is 0 Å². The van der Waals surface area contributed by atoms with Crippen LogP contribution < -0.4 is 5.73 Å². The van der Waals surface area contributed by atoms with Crippen LogP contribution in [0, 0.1) is 0 Å². The Morgan fingerprint density at radius 1 is 1.30 bits per heavy atom. The van der Waals surface area contributed by atoms with Crippen molar-refractivity contribution >= 4 is 26.6 Å². The molecule has 0 amide bonds. The monoisotopic (exact) mass is 295 g/mol. The summed E-state index contributed by atoms with van der Waals surface area (Å²) in [7, 11) is -2.88. The van der Waals surface area contributed by atoms with E-state index in [1.807, 2.05) is 0 Å². The van der Waals surface area contributed by atoms with Crippen molar-refractivity contribution in [2.24, 2.45) is 0 Å². The van der Waals surface area contributed by atoms with E-state index in [-0.39, 0.29) is 11.5 Å². The van der Waals surface area contributed by atoms with Gasteiger partial charge in [0.25, 0.3) is 0 Å². The second-order valence-electron chi connectivity index (χ2n) is 5.12. The molecule has 7 heteroatoms. The molecule has 1 aromatic carbocycles. The summed E-state index contributed by atoms with van der Waals surface area (Å²) in [5.74, 6) is 1.08. The summed E-state index contributed by atoms with van der Waals surface area (Å²) < 4.78 is 28.8. The van der Waals surface area contributed by atoms with Gasteiger partial charge in [0.2, 0.25) is 5.89 Å². The number of aromatic nitrogens is 1. The normalized spacial score (nSPS) is 20.0. The summed E-state index contributed by atoms with van der Waals surface area (Å²) in [5, 5.41) is 0. The van der Waals surface area contributed by atoms with Crippen molar-refractivity contribution in [3.8, 4) is 0 Å². The van der Waals surface area contributed by atoms with Crippen molar-refractivity contribution in [1.82, 2.24) is 9.88 Å². The molecule has 0 radical (unpaired) electrons. The highest BCUT2D eigenvalue weighted by atomic mass is 32.2. The Bertz CT molecular complexity index is 724. The summed E-state index contributed by atoms with van der Waals surface area (Å²) in [6.07, 6.45) is 0.662. The Balaban J connectivity index is 1.76. The lowest BCUT2D eigenvalue weighted by atomic mass is 10.3. The number of nitrogens with zero attached hydrogens (tertiary/aromatic N) is 2. The first kappa shape index (κ1) is 13.4. The number of anilines is 1. The van der Waals surface area contributed by atoms with Crippen LogP contribution in [-0.4, -0.2) is 42.9 Å². The molecule has 1 fully saturated rings. The van der Waals surface area contributed by atoms with E-state index in [2.05, 4.69) is 9.88 Å². The zero-order valence-electron chi connectivity index (χ0n) is 11.1. The molecule has 0 saturated carbocycles. The molecular weight excluding hydrogens is 278 g/mol. The largest absolute Gasteiger partial charge is 0.439 e. The molecular formula is C13H17N3O3S. The van der Waals surface area contributed by atoms with Crippen LogP contribution in [0.5, 0.6) is 0 Å². The summed E-state index contributed by atoms with van der Waals surface area (Å²) in [5.41, 5.74) is 7.80. The second kappa shape index (κ2) is 5.06. The molecule has 0 spiro atoms. The fourth-order valence-electron chi connectivity index (χ4n) is 2.40. The molecule has 2 N–H and O–H groups in total. The standard InChI is InChI=1S/C13H17N3O3S/c14-10-2-3-12-11(8-10)15-13(19-12)9-16-4-1-6-20(17,18)7-5-16/h2-3,8H,1,4-7,9,14H2. The minimum Gasteiger partial charge on any atom is -0.439 e. The molecule has 0 aliphatic carbocycles. The van der Waals surface area contributed by atoms with Gasteiger partial charge in [-0.1, -0.05) is 0 Å². The lowest BCUT2D eigenvalue weighted by Gasteiger charge is -2.16. The first-order chi connectivity index (χ1) is 9.52. The number of fused-ring (bicyclic) bond motifs is 1. The zero-order chi connectivity index (χ0) is 14.2. The number of sulfone groups is 1. The third-order valence-corrected chi connectivity index (χ3v) is 5.18. The fraction of sp³-hybridized carbons (Fsp3) is 0.462. The third-order valence-electron chi connectivity index (χ3n) is 3.46. The maximum absolute atomic E-state index is 11.6.